The average Bonchev–Trinajstić information content (AvgIpc) is 2.67. The lowest BCUT2D eigenvalue weighted by Crippen LogP contribution is -2.43. The summed E-state index contributed by atoms with van der Waals surface area (Å²) in [4.78, 5) is 28.9. The van der Waals surface area contributed by atoms with Gasteiger partial charge in [0.2, 0.25) is 0 Å². The van der Waals surface area contributed by atoms with Crippen LogP contribution in [0.4, 0.5) is 15.4 Å². The normalized spacial score (nSPS) is 12.5. The van der Waals surface area contributed by atoms with E-state index in [2.05, 4.69) is 31.5 Å². The van der Waals surface area contributed by atoms with Crippen molar-refractivity contribution in [1.82, 2.24) is 10.3 Å². The summed E-state index contributed by atoms with van der Waals surface area (Å²) in [7, 11) is 0. The molecule has 0 aliphatic heterocycles. The van der Waals surface area contributed by atoms with Crippen molar-refractivity contribution < 1.29 is 23.8 Å². The van der Waals surface area contributed by atoms with Gasteiger partial charge in [-0.3, -0.25) is 5.32 Å². The lowest BCUT2D eigenvalue weighted by Gasteiger charge is -2.24. The summed E-state index contributed by atoms with van der Waals surface area (Å²) < 4.78 is 17.2. The molecule has 1 aromatic carbocycles. The molecule has 0 aliphatic carbocycles. The summed E-state index contributed by atoms with van der Waals surface area (Å²) in [5.74, 6) is 0.351. The topological polar surface area (TPSA) is 98.8 Å². The van der Waals surface area contributed by atoms with Crippen LogP contribution in [0.3, 0.4) is 0 Å². The largest absolute Gasteiger partial charge is 0.487 e. The highest BCUT2D eigenvalue weighted by Crippen LogP contribution is 2.32. The van der Waals surface area contributed by atoms with Crippen LogP contribution in [-0.4, -0.2) is 41.0 Å². The van der Waals surface area contributed by atoms with Gasteiger partial charge in [-0.05, 0) is 69.5 Å². The Morgan fingerprint density at radius 3 is 2.21 bits per heavy atom. The second-order valence-corrected chi connectivity index (χ2v) is 10.8. The van der Waals surface area contributed by atoms with Crippen LogP contribution in [0.2, 0.25) is 5.15 Å². The zero-order valence-electron chi connectivity index (χ0n) is 20.2. The molecule has 0 fully saturated rings. The zero-order chi connectivity index (χ0) is 25.5. The smallest absolute Gasteiger partial charge is 0.413 e. The van der Waals surface area contributed by atoms with Gasteiger partial charge in [-0.1, -0.05) is 41.9 Å². The molecule has 2 N–H and O–H groups in total. The van der Waals surface area contributed by atoms with Gasteiger partial charge >= 0.3 is 12.2 Å². The number of halogens is 2. The quantitative estimate of drug-likeness (QED) is 0.385. The van der Waals surface area contributed by atoms with Crippen molar-refractivity contribution in [3.05, 3.63) is 51.6 Å². The van der Waals surface area contributed by atoms with Crippen LogP contribution >= 0.6 is 27.5 Å². The van der Waals surface area contributed by atoms with Crippen LogP contribution in [0.25, 0.3) is 0 Å². The van der Waals surface area contributed by atoms with Crippen LogP contribution in [0.1, 0.15) is 47.1 Å². The molecule has 2 rings (SSSR count). The Balaban J connectivity index is 2.20. The average molecular weight is 557 g/mol. The van der Waals surface area contributed by atoms with Gasteiger partial charge in [-0.15, -0.1) is 0 Å². The summed E-state index contributed by atoms with van der Waals surface area (Å²) >= 11 is 9.44. The van der Waals surface area contributed by atoms with Gasteiger partial charge in [0.25, 0.3) is 0 Å². The van der Waals surface area contributed by atoms with E-state index in [1.807, 2.05) is 30.3 Å². The molecule has 2 amide bonds. The third kappa shape index (κ3) is 10.2. The maximum Gasteiger partial charge on any atom is 0.413 e. The molecule has 0 saturated heterocycles. The number of carbonyl (C=O) groups is 2. The standard InChI is InChI=1S/C24H31BrClN3O5/c1-23(2,3)33-21(30)27-16(12-15-10-8-7-9-11-15)14-32-18-13-17(25)19(26)28-20(18)29-22(31)34-24(4,5)6/h7-11,13,16H,12,14H2,1-6H3,(H,27,30)(H,28,29,31)/t16-/m0/s1. The van der Waals surface area contributed by atoms with E-state index in [0.717, 1.165) is 5.56 Å². The van der Waals surface area contributed by atoms with Crippen molar-refractivity contribution in [1.29, 1.82) is 0 Å². The van der Waals surface area contributed by atoms with Crippen LogP contribution in [0, 0.1) is 0 Å². The fraction of sp³-hybridized carbons (Fsp3) is 0.458. The van der Waals surface area contributed by atoms with Crippen molar-refractivity contribution >= 4 is 45.5 Å². The molecule has 2 aromatic rings. The predicted octanol–water partition coefficient (Wildman–Crippen LogP) is 6.36. The van der Waals surface area contributed by atoms with Gasteiger partial charge in [0.05, 0.1) is 10.5 Å². The SMILES string of the molecule is CC(C)(C)OC(=O)Nc1nc(Cl)c(Br)cc1OC[C@H](Cc1ccccc1)NC(=O)OC(C)(C)C. The molecule has 34 heavy (non-hydrogen) atoms. The number of pyridine rings is 1. The fourth-order valence-corrected chi connectivity index (χ4v) is 3.20. The molecule has 0 aliphatic rings. The number of anilines is 1. The van der Waals surface area contributed by atoms with E-state index < -0.39 is 29.4 Å². The molecule has 0 spiro atoms. The molecule has 1 aromatic heterocycles. The molecule has 0 unspecified atom stereocenters. The van der Waals surface area contributed by atoms with E-state index in [1.54, 1.807) is 47.6 Å². The lowest BCUT2D eigenvalue weighted by molar-refractivity contribution is 0.0487. The minimum Gasteiger partial charge on any atom is -0.487 e. The number of benzene rings is 1. The van der Waals surface area contributed by atoms with Crippen LogP contribution in [-0.2, 0) is 15.9 Å². The van der Waals surface area contributed by atoms with Gasteiger partial charge < -0.3 is 19.5 Å². The first-order chi connectivity index (χ1) is 15.7. The number of alkyl carbamates (subject to hydrolysis) is 1. The number of ether oxygens (including phenoxy) is 3. The summed E-state index contributed by atoms with van der Waals surface area (Å²) in [5, 5.41) is 5.56. The van der Waals surface area contributed by atoms with E-state index in [4.69, 9.17) is 25.8 Å². The van der Waals surface area contributed by atoms with Gasteiger partial charge in [0.15, 0.2) is 11.6 Å². The molecule has 1 heterocycles. The van der Waals surface area contributed by atoms with Crippen molar-refractivity contribution in [2.75, 3.05) is 11.9 Å². The number of aromatic nitrogens is 1. The first kappa shape index (κ1) is 27.7. The van der Waals surface area contributed by atoms with E-state index in [9.17, 15) is 9.59 Å². The molecular formula is C24H31BrClN3O5. The van der Waals surface area contributed by atoms with Crippen molar-refractivity contribution in [2.45, 2.75) is 65.2 Å². The Bertz CT molecular complexity index is 991. The third-order valence-corrected chi connectivity index (χ3v) is 5.12. The van der Waals surface area contributed by atoms with Crippen LogP contribution < -0.4 is 15.4 Å². The molecule has 10 heteroatoms. The molecule has 1 atom stereocenters. The predicted molar refractivity (Wildman–Crippen MR) is 136 cm³/mol. The number of nitrogens with one attached hydrogen (secondary N) is 2. The first-order valence-electron chi connectivity index (χ1n) is 10.7. The molecule has 0 bridgehead atoms. The van der Waals surface area contributed by atoms with E-state index in [-0.39, 0.29) is 23.3 Å². The number of amides is 2. The highest BCUT2D eigenvalue weighted by Gasteiger charge is 2.23. The minimum absolute atomic E-state index is 0.0763. The summed E-state index contributed by atoms with van der Waals surface area (Å²) in [6, 6.07) is 10.8. The highest BCUT2D eigenvalue weighted by molar-refractivity contribution is 9.10. The van der Waals surface area contributed by atoms with Gasteiger partial charge in [-0.2, -0.15) is 0 Å². The van der Waals surface area contributed by atoms with E-state index >= 15 is 0 Å². The molecule has 0 saturated carbocycles. The number of nitrogens with zero attached hydrogens (tertiary/aromatic N) is 1. The Morgan fingerprint density at radius 1 is 1.03 bits per heavy atom. The molecular weight excluding hydrogens is 526 g/mol. The minimum atomic E-state index is -0.698. The first-order valence-corrected chi connectivity index (χ1v) is 11.9. The molecule has 8 nitrogen and oxygen atoms in total. The fourth-order valence-electron chi connectivity index (χ4n) is 2.76. The second kappa shape index (κ2) is 11.8. The number of hydrogen-bond donors (Lipinski definition) is 2. The van der Waals surface area contributed by atoms with Crippen LogP contribution in [0.15, 0.2) is 40.9 Å². The number of rotatable bonds is 7. The summed E-state index contributed by atoms with van der Waals surface area (Å²) in [6.45, 7) is 10.7. The lowest BCUT2D eigenvalue weighted by atomic mass is 10.1. The van der Waals surface area contributed by atoms with Crippen LogP contribution in [0.5, 0.6) is 5.75 Å². The van der Waals surface area contributed by atoms with Crippen molar-refractivity contribution in [3.8, 4) is 5.75 Å². The maximum absolute atomic E-state index is 12.4. The van der Waals surface area contributed by atoms with E-state index in [0.29, 0.717) is 10.9 Å². The highest BCUT2D eigenvalue weighted by atomic mass is 79.9. The maximum atomic E-state index is 12.4. The van der Waals surface area contributed by atoms with Crippen molar-refractivity contribution in [3.63, 3.8) is 0 Å². The monoisotopic (exact) mass is 555 g/mol. The summed E-state index contributed by atoms with van der Waals surface area (Å²) in [6.07, 6.45) is -0.757. The summed E-state index contributed by atoms with van der Waals surface area (Å²) in [5.41, 5.74) is -0.324. The zero-order valence-corrected chi connectivity index (χ0v) is 22.5. The Kier molecular flexibility index (Phi) is 9.58. The Hall–Kier alpha value is -2.52. The third-order valence-electron chi connectivity index (χ3n) is 4.00. The number of hydrogen-bond acceptors (Lipinski definition) is 6. The van der Waals surface area contributed by atoms with Gasteiger partial charge in [0.1, 0.15) is 23.0 Å². The molecule has 0 radical (unpaired) electrons. The molecule has 186 valence electrons. The Labute approximate surface area is 213 Å². The Morgan fingerprint density at radius 2 is 1.62 bits per heavy atom. The van der Waals surface area contributed by atoms with E-state index in [1.165, 1.54) is 0 Å². The van der Waals surface area contributed by atoms with Crippen molar-refractivity contribution in [2.24, 2.45) is 0 Å². The second-order valence-electron chi connectivity index (χ2n) is 9.58. The van der Waals surface area contributed by atoms with Gasteiger partial charge in [0, 0.05) is 6.07 Å². The number of carbonyl (C=O) groups excluding carboxylic acids is 2. The van der Waals surface area contributed by atoms with Gasteiger partial charge in [-0.25, -0.2) is 14.6 Å².